The lowest BCUT2D eigenvalue weighted by Gasteiger charge is -2.11. The number of rotatable bonds is 5. The Morgan fingerprint density at radius 2 is 1.81 bits per heavy atom. The second-order valence-corrected chi connectivity index (χ2v) is 5.67. The third-order valence-electron chi connectivity index (χ3n) is 3.66. The molecule has 2 N–H and O–H groups in total. The van der Waals surface area contributed by atoms with Gasteiger partial charge in [-0.3, -0.25) is 4.79 Å². The van der Waals surface area contributed by atoms with Crippen molar-refractivity contribution in [2.75, 3.05) is 13.1 Å². The number of urea groups is 1. The second kappa shape index (κ2) is 7.59. The Balaban J connectivity index is 2.09. The van der Waals surface area contributed by atoms with Crippen LogP contribution in [0.25, 0.3) is 5.69 Å². The van der Waals surface area contributed by atoms with E-state index >= 15 is 0 Å². The number of alkyl halides is 3. The van der Waals surface area contributed by atoms with E-state index in [-0.39, 0.29) is 0 Å². The molecule has 2 amide bonds. The zero-order chi connectivity index (χ0) is 19.5. The SMILES string of the molecule is Cc1cc(C(=O)CNC(=O)NCC(F)(F)F)c(C)n1-c1cccc(F)c1. The molecule has 0 saturated heterocycles. The van der Waals surface area contributed by atoms with Gasteiger partial charge in [-0.15, -0.1) is 0 Å². The number of halogens is 4. The molecule has 9 heteroatoms. The molecule has 0 aliphatic rings. The lowest BCUT2D eigenvalue weighted by Crippen LogP contribution is -2.42. The predicted octanol–water partition coefficient (Wildman–Crippen LogP) is 3.28. The van der Waals surface area contributed by atoms with E-state index in [1.165, 1.54) is 18.2 Å². The van der Waals surface area contributed by atoms with Crippen molar-refractivity contribution in [2.24, 2.45) is 0 Å². The van der Waals surface area contributed by atoms with E-state index < -0.39 is 36.9 Å². The number of aromatic nitrogens is 1. The summed E-state index contributed by atoms with van der Waals surface area (Å²) in [5.41, 5.74) is 2.05. The van der Waals surface area contributed by atoms with Crippen LogP contribution in [0.5, 0.6) is 0 Å². The summed E-state index contributed by atoms with van der Waals surface area (Å²) in [4.78, 5) is 23.6. The van der Waals surface area contributed by atoms with Gasteiger partial charge in [0.05, 0.1) is 6.54 Å². The first kappa shape index (κ1) is 19.5. The summed E-state index contributed by atoms with van der Waals surface area (Å²) in [5, 5.41) is 3.71. The van der Waals surface area contributed by atoms with Crippen molar-refractivity contribution in [3.63, 3.8) is 0 Å². The number of aryl methyl sites for hydroxylation is 1. The lowest BCUT2D eigenvalue weighted by molar-refractivity contribution is -0.122. The van der Waals surface area contributed by atoms with Gasteiger partial charge >= 0.3 is 12.2 Å². The molecule has 1 aromatic carbocycles. The van der Waals surface area contributed by atoms with Crippen LogP contribution in [0.2, 0.25) is 0 Å². The van der Waals surface area contributed by atoms with Crippen LogP contribution in [0.4, 0.5) is 22.4 Å². The highest BCUT2D eigenvalue weighted by Crippen LogP contribution is 2.21. The van der Waals surface area contributed by atoms with E-state index in [0.29, 0.717) is 22.6 Å². The quantitative estimate of drug-likeness (QED) is 0.626. The molecular weight excluding hydrogens is 354 g/mol. The van der Waals surface area contributed by atoms with E-state index in [1.807, 2.05) is 0 Å². The summed E-state index contributed by atoms with van der Waals surface area (Å²) in [7, 11) is 0. The second-order valence-electron chi connectivity index (χ2n) is 5.67. The van der Waals surface area contributed by atoms with Crippen LogP contribution >= 0.6 is 0 Å². The van der Waals surface area contributed by atoms with Crippen molar-refractivity contribution < 1.29 is 27.2 Å². The molecule has 1 heterocycles. The number of ketones is 1. The summed E-state index contributed by atoms with van der Waals surface area (Å²) in [6, 6.07) is 6.33. The number of carbonyl (C=O) groups is 2. The van der Waals surface area contributed by atoms with Gasteiger partial charge in [-0.05, 0) is 38.1 Å². The molecule has 0 radical (unpaired) electrons. The van der Waals surface area contributed by atoms with Crippen molar-refractivity contribution >= 4 is 11.8 Å². The van der Waals surface area contributed by atoms with Gasteiger partial charge in [0.25, 0.3) is 0 Å². The van der Waals surface area contributed by atoms with Gasteiger partial charge in [0.2, 0.25) is 0 Å². The fourth-order valence-corrected chi connectivity index (χ4v) is 2.56. The normalized spacial score (nSPS) is 11.3. The Morgan fingerprint density at radius 3 is 2.42 bits per heavy atom. The highest BCUT2D eigenvalue weighted by Gasteiger charge is 2.27. The molecule has 26 heavy (non-hydrogen) atoms. The molecule has 0 unspecified atom stereocenters. The highest BCUT2D eigenvalue weighted by atomic mass is 19.4. The van der Waals surface area contributed by atoms with Gasteiger partial charge in [0.1, 0.15) is 12.4 Å². The van der Waals surface area contributed by atoms with Crippen molar-refractivity contribution in [3.05, 3.63) is 53.1 Å². The first-order valence-electron chi connectivity index (χ1n) is 7.65. The minimum atomic E-state index is -4.53. The van der Waals surface area contributed by atoms with Gasteiger partial charge in [-0.25, -0.2) is 9.18 Å². The Hall–Kier alpha value is -2.84. The van der Waals surface area contributed by atoms with Crippen LogP contribution in [0, 0.1) is 19.7 Å². The topological polar surface area (TPSA) is 63.1 Å². The van der Waals surface area contributed by atoms with Crippen molar-refractivity contribution in [2.45, 2.75) is 20.0 Å². The molecule has 0 aliphatic carbocycles. The van der Waals surface area contributed by atoms with Gasteiger partial charge in [-0.1, -0.05) is 6.07 Å². The van der Waals surface area contributed by atoms with Crippen molar-refractivity contribution in [1.82, 2.24) is 15.2 Å². The fourth-order valence-electron chi connectivity index (χ4n) is 2.56. The van der Waals surface area contributed by atoms with E-state index in [4.69, 9.17) is 0 Å². The summed E-state index contributed by atoms with van der Waals surface area (Å²) in [6.07, 6.45) is -4.53. The molecule has 140 valence electrons. The average Bonchev–Trinajstić information content (AvgIpc) is 2.84. The molecule has 2 rings (SSSR count). The number of hydrogen-bond acceptors (Lipinski definition) is 2. The number of amides is 2. The third-order valence-corrected chi connectivity index (χ3v) is 3.66. The van der Waals surface area contributed by atoms with Crippen molar-refractivity contribution in [1.29, 1.82) is 0 Å². The van der Waals surface area contributed by atoms with Gasteiger partial charge in [0.15, 0.2) is 5.78 Å². The van der Waals surface area contributed by atoms with Crippen LogP contribution in [-0.2, 0) is 0 Å². The minimum absolute atomic E-state index is 0.294. The standard InChI is InChI=1S/C17H17F4N3O2/c1-10-6-14(11(2)24(10)13-5-3-4-12(18)7-13)15(25)8-22-16(26)23-9-17(19,20)21/h3-7H,8-9H2,1-2H3,(H2,22,23,26). The smallest absolute Gasteiger partial charge is 0.331 e. The average molecular weight is 371 g/mol. The maximum atomic E-state index is 13.4. The van der Waals surface area contributed by atoms with Crippen LogP contribution in [-0.4, -0.2) is 35.6 Å². The maximum Gasteiger partial charge on any atom is 0.405 e. The molecule has 2 aromatic rings. The van der Waals surface area contributed by atoms with E-state index in [9.17, 15) is 27.2 Å². The van der Waals surface area contributed by atoms with Crippen LogP contribution < -0.4 is 10.6 Å². The van der Waals surface area contributed by atoms with Crippen LogP contribution in [0.15, 0.2) is 30.3 Å². The third kappa shape index (κ3) is 4.84. The molecule has 0 bridgehead atoms. The zero-order valence-corrected chi connectivity index (χ0v) is 14.1. The molecule has 1 aromatic heterocycles. The molecule has 0 spiro atoms. The minimum Gasteiger partial charge on any atom is -0.331 e. The number of benzene rings is 1. The zero-order valence-electron chi connectivity index (χ0n) is 14.1. The van der Waals surface area contributed by atoms with E-state index in [0.717, 1.165) is 0 Å². The first-order valence-corrected chi connectivity index (χ1v) is 7.65. The Morgan fingerprint density at radius 1 is 1.12 bits per heavy atom. The molecule has 5 nitrogen and oxygen atoms in total. The van der Waals surface area contributed by atoms with Gasteiger partial charge < -0.3 is 15.2 Å². The largest absolute Gasteiger partial charge is 0.405 e. The monoisotopic (exact) mass is 371 g/mol. The summed E-state index contributed by atoms with van der Waals surface area (Å²) >= 11 is 0. The first-order chi connectivity index (χ1) is 12.1. The molecule has 0 atom stereocenters. The Bertz CT molecular complexity index is 828. The molecule has 0 fully saturated rings. The molecule has 0 saturated carbocycles. The molecule has 0 aliphatic heterocycles. The predicted molar refractivity (Wildman–Crippen MR) is 87.0 cm³/mol. The number of hydrogen-bond donors (Lipinski definition) is 2. The van der Waals surface area contributed by atoms with Crippen LogP contribution in [0.1, 0.15) is 21.7 Å². The summed E-state index contributed by atoms with van der Waals surface area (Å²) < 4.78 is 51.2. The fraction of sp³-hybridized carbons (Fsp3) is 0.294. The maximum absolute atomic E-state index is 13.4. The number of nitrogens with zero attached hydrogens (tertiary/aromatic N) is 1. The lowest BCUT2D eigenvalue weighted by atomic mass is 10.1. The van der Waals surface area contributed by atoms with Gasteiger partial charge in [0, 0.05) is 22.6 Å². The van der Waals surface area contributed by atoms with Gasteiger partial charge in [-0.2, -0.15) is 13.2 Å². The Kier molecular flexibility index (Phi) is 5.69. The van der Waals surface area contributed by atoms with E-state index in [2.05, 4.69) is 5.32 Å². The number of carbonyl (C=O) groups excluding carboxylic acids is 2. The van der Waals surface area contributed by atoms with Crippen LogP contribution in [0.3, 0.4) is 0 Å². The Labute approximate surface area is 147 Å². The van der Waals surface area contributed by atoms with Crippen molar-refractivity contribution in [3.8, 4) is 5.69 Å². The van der Waals surface area contributed by atoms with E-state index in [1.54, 1.807) is 35.9 Å². The summed E-state index contributed by atoms with van der Waals surface area (Å²) in [5.74, 6) is -0.895. The number of nitrogens with one attached hydrogen (secondary N) is 2. The molecular formula is C17H17F4N3O2. The summed E-state index contributed by atoms with van der Waals surface area (Å²) in [6.45, 7) is 1.45. The number of Topliss-reactive ketones (excluding diaryl/α,β-unsaturated/α-hetero) is 1. The highest BCUT2D eigenvalue weighted by molar-refractivity contribution is 6.00.